The highest BCUT2D eigenvalue weighted by Gasteiger charge is 2.32. The Hall–Kier alpha value is -4.52. The van der Waals surface area contributed by atoms with Crippen LogP contribution in [0.25, 0.3) is 22.0 Å². The fourth-order valence-corrected chi connectivity index (χ4v) is 6.04. The summed E-state index contributed by atoms with van der Waals surface area (Å²) in [5.41, 5.74) is -13.5. The number of halogens is 5. The summed E-state index contributed by atoms with van der Waals surface area (Å²) in [5.74, 6) is -6.25. The zero-order chi connectivity index (χ0) is 58.6. The Morgan fingerprint density at radius 1 is 1.00 bits per heavy atom. The van der Waals surface area contributed by atoms with Gasteiger partial charge in [-0.2, -0.15) is 13.2 Å². The zero-order valence-electron chi connectivity index (χ0n) is 51.2. The molecule has 0 spiro atoms. The number of hydrogen-bond donors (Lipinski definition) is 0. The van der Waals surface area contributed by atoms with Crippen LogP contribution in [0.4, 0.5) is 22.0 Å². The molecule has 1 aromatic heterocycles. The lowest BCUT2D eigenvalue weighted by atomic mass is 9.98. The molecule has 6 rings (SSSR count). The number of likely N-dealkylation sites (tertiary alicyclic amines) is 1. The van der Waals surface area contributed by atoms with E-state index in [1.54, 1.807) is 0 Å². The van der Waals surface area contributed by atoms with Crippen LogP contribution >= 0.6 is 11.8 Å². The lowest BCUT2D eigenvalue weighted by Crippen LogP contribution is -2.48. The van der Waals surface area contributed by atoms with Crippen molar-refractivity contribution in [3.05, 3.63) is 135 Å². The number of fused-ring (bicyclic) bond motifs is 1. The van der Waals surface area contributed by atoms with Crippen molar-refractivity contribution in [1.82, 2.24) is 14.4 Å². The molecule has 0 unspecified atom stereocenters. The SMILES string of the molecule is [2H]c1c([2H])c(F)c(F)c(C([2H])([2H])Sc2c([2H])c(=O)c3c([2H])c([2H])c([2H])c([2H])c3n2C([2H])([2H])C(=O)N(Cc2c([2H])c([2H])c(-c3c([2H])c([2H])c(C(F)(F)F)c(C)c3[2H])c([2H])c2[2H])C2CCN(CC([2H])([2H])OC([2H])([2H])[2H])CC2)c1[2H]. The van der Waals surface area contributed by atoms with Crippen LogP contribution in [0.1, 0.15) is 68.0 Å². The van der Waals surface area contributed by atoms with E-state index in [0.29, 0.717) is 4.90 Å². The Morgan fingerprint density at radius 2 is 1.74 bits per heavy atom. The van der Waals surface area contributed by atoms with Crippen LogP contribution in [0, 0.1) is 18.6 Å². The van der Waals surface area contributed by atoms with Crippen LogP contribution < -0.4 is 5.43 Å². The van der Waals surface area contributed by atoms with Crippen molar-refractivity contribution in [1.29, 1.82) is 0 Å². The topological polar surface area (TPSA) is 54.8 Å². The van der Waals surface area contributed by atoms with Gasteiger partial charge in [0.2, 0.25) is 5.91 Å². The number of carbonyl (C=O) groups excluding carboxylic acids is 1. The largest absolute Gasteiger partial charge is 0.416 e. The summed E-state index contributed by atoms with van der Waals surface area (Å²) in [4.78, 5) is 31.4. The number of pyridine rings is 1. The standard InChI is InChI=1S/C41H40F5N3O3S/c1-27-22-30(14-15-34(27)41(44,45)46)29-12-10-28(11-13-29)24-48(32-16-18-47(19-17-32)20-21-52-2)38(51)25-49-36-9-4-3-7-33(36)37(50)23-39(49)53-26-31-6-5-8-35(42)40(31)43/h3-15,22-23,32H,16-21,24-26H2,1-2H3/i2D3,3D,4D,5D,6D,7D,8D,9D,10D,11D,12D,13D,14D,15D,21D2,22D,23D,25D2,26D2. The van der Waals surface area contributed by atoms with E-state index in [2.05, 4.69) is 4.74 Å². The average molecular weight is 774 g/mol. The summed E-state index contributed by atoms with van der Waals surface area (Å²) in [6.45, 7) is -8.58. The average Bonchev–Trinajstić information content (AvgIpc) is 3.31. The Morgan fingerprint density at radius 3 is 2.47 bits per heavy atom. The predicted molar refractivity (Wildman–Crippen MR) is 198 cm³/mol. The molecular formula is C41H40F5N3O3S. The molecule has 0 radical (unpaired) electrons. The number of benzene rings is 4. The molecule has 4 aromatic carbocycles. The highest BCUT2D eigenvalue weighted by molar-refractivity contribution is 7.98. The Kier molecular flexibility index (Phi) is 5.72. The third-order valence-electron chi connectivity index (χ3n) is 7.93. The van der Waals surface area contributed by atoms with Gasteiger partial charge in [0.1, 0.15) is 6.50 Å². The molecule has 1 fully saturated rings. The first-order chi connectivity index (χ1) is 35.0. The number of hydrogen-bond acceptors (Lipinski definition) is 5. The van der Waals surface area contributed by atoms with Gasteiger partial charge < -0.3 is 19.1 Å². The van der Waals surface area contributed by atoms with E-state index in [9.17, 15) is 25.1 Å². The van der Waals surface area contributed by atoms with E-state index in [1.165, 1.54) is 4.90 Å². The number of para-hydroxylation sites is 1. The highest BCUT2D eigenvalue weighted by Crippen LogP contribution is 2.34. The number of carbonyl (C=O) groups is 1. The Bertz CT molecular complexity index is 3260. The van der Waals surface area contributed by atoms with Gasteiger partial charge in [-0.25, -0.2) is 8.78 Å². The van der Waals surface area contributed by atoms with Crippen LogP contribution in [0.3, 0.4) is 0 Å². The van der Waals surface area contributed by atoms with Gasteiger partial charge in [-0.3, -0.25) is 9.59 Å². The molecular weight excluding hydrogens is 710 g/mol. The number of piperidine rings is 1. The molecule has 53 heavy (non-hydrogen) atoms. The fraction of sp³-hybridized carbons (Fsp3) is 0.317. The Balaban J connectivity index is 1.63. The number of rotatable bonds is 12. The maximum Gasteiger partial charge on any atom is 0.416 e. The molecule has 6 nitrogen and oxygen atoms in total. The molecule has 1 saturated heterocycles. The third-order valence-corrected chi connectivity index (χ3v) is 8.71. The third kappa shape index (κ3) is 9.00. The summed E-state index contributed by atoms with van der Waals surface area (Å²) in [6.07, 6.45) is -5.97. The number of ether oxygens (including phenoxy) is 1. The van der Waals surface area contributed by atoms with Crippen LogP contribution in [0.2, 0.25) is 0 Å². The normalized spacial score (nSPS) is 21.7. The van der Waals surface area contributed by atoms with E-state index in [0.717, 1.165) is 6.92 Å². The second-order valence-corrected chi connectivity index (χ2v) is 12.1. The van der Waals surface area contributed by atoms with Crippen molar-refractivity contribution in [2.75, 3.05) is 33.2 Å². The molecule has 0 aliphatic carbocycles. The van der Waals surface area contributed by atoms with Crippen LogP contribution in [-0.2, 0) is 34.5 Å². The number of amides is 1. The molecule has 0 bridgehead atoms. The van der Waals surface area contributed by atoms with Crippen molar-refractivity contribution in [2.24, 2.45) is 0 Å². The number of nitrogens with zero attached hydrogens (tertiary/aromatic N) is 3. The van der Waals surface area contributed by atoms with Crippen LogP contribution in [-0.4, -0.2) is 59.5 Å². The summed E-state index contributed by atoms with van der Waals surface area (Å²) >= 11 is -0.559. The maximum atomic E-state index is 15.6. The van der Waals surface area contributed by atoms with Crippen molar-refractivity contribution in [2.45, 2.75) is 55.8 Å². The monoisotopic (exact) mass is 773 g/mol. The van der Waals surface area contributed by atoms with E-state index in [4.69, 9.17) is 30.2 Å². The molecule has 1 aliphatic heterocycles. The summed E-state index contributed by atoms with van der Waals surface area (Å²) in [5, 5.41) is -2.57. The fourth-order valence-electron chi connectivity index (χ4n) is 5.33. The van der Waals surface area contributed by atoms with Crippen molar-refractivity contribution in [3.8, 4) is 11.1 Å². The second kappa shape index (κ2) is 16.7. The van der Waals surface area contributed by atoms with Gasteiger partial charge in [0, 0.05) is 64.7 Å². The lowest BCUT2D eigenvalue weighted by molar-refractivity contribution is -0.138. The lowest BCUT2D eigenvalue weighted by Gasteiger charge is -2.39. The van der Waals surface area contributed by atoms with Gasteiger partial charge >= 0.3 is 6.18 Å². The minimum absolute atomic E-state index is 0.0367. The molecule has 0 N–H and O–H groups in total. The minimum Gasteiger partial charge on any atom is -0.383 e. The number of methoxy groups -OCH3 is 1. The zero-order valence-corrected chi connectivity index (χ0v) is 28.0. The van der Waals surface area contributed by atoms with Crippen LogP contribution in [0.5, 0.6) is 0 Å². The number of aromatic nitrogens is 1. The molecule has 2 heterocycles. The molecule has 1 amide bonds. The quantitative estimate of drug-likeness (QED) is 0.0939. The first-order valence-electron chi connectivity index (χ1n) is 27.4. The maximum absolute atomic E-state index is 15.6. The number of thioether (sulfide) groups is 1. The van der Waals surface area contributed by atoms with Gasteiger partial charge in [-0.1, -0.05) is 60.4 Å². The van der Waals surface area contributed by atoms with Crippen molar-refractivity contribution >= 4 is 28.6 Å². The van der Waals surface area contributed by atoms with Gasteiger partial charge in [0.15, 0.2) is 17.1 Å². The molecule has 1 aliphatic rings. The first-order valence-corrected chi connectivity index (χ1v) is 16.2. The number of alkyl halides is 3. The smallest absolute Gasteiger partial charge is 0.383 e. The van der Waals surface area contributed by atoms with Gasteiger partial charge in [0.05, 0.1) is 52.8 Å². The van der Waals surface area contributed by atoms with Gasteiger partial charge in [-0.15, -0.1) is 11.8 Å². The summed E-state index contributed by atoms with van der Waals surface area (Å²) < 4.78 is 280. The van der Waals surface area contributed by atoms with E-state index in [-0.39, 0.29) is 30.5 Å². The van der Waals surface area contributed by atoms with Crippen molar-refractivity contribution in [3.63, 3.8) is 0 Å². The van der Waals surface area contributed by atoms with Crippen LogP contribution in [0.15, 0.2) is 100 Å². The molecule has 12 heteroatoms. The van der Waals surface area contributed by atoms with Crippen molar-refractivity contribution < 1.29 is 64.4 Å². The van der Waals surface area contributed by atoms with E-state index < -0.39 is 226 Å². The summed E-state index contributed by atoms with van der Waals surface area (Å²) in [6, 6.07) is -20.5. The van der Waals surface area contributed by atoms with Gasteiger partial charge in [0.25, 0.3) is 0 Å². The molecule has 5 aromatic rings. The predicted octanol–water partition coefficient (Wildman–Crippen LogP) is 8.71. The summed E-state index contributed by atoms with van der Waals surface area (Å²) in [7, 11) is -3.21. The first kappa shape index (κ1) is 18.2. The molecule has 278 valence electrons. The molecule has 0 atom stereocenters. The van der Waals surface area contributed by atoms with Gasteiger partial charge in [-0.05, 0) is 66.2 Å². The minimum atomic E-state index is -5.25. The Labute approximate surface area is 342 Å². The molecule has 0 saturated carbocycles. The second-order valence-electron chi connectivity index (χ2n) is 11.3. The van der Waals surface area contributed by atoms with E-state index >= 15 is 9.18 Å². The van der Waals surface area contributed by atoms with E-state index in [1.807, 2.05) is 0 Å². The highest BCUT2D eigenvalue weighted by atomic mass is 32.2.